The summed E-state index contributed by atoms with van der Waals surface area (Å²) in [6, 6.07) is 3.52. The number of hydrogen-bond donors (Lipinski definition) is 2. The van der Waals surface area contributed by atoms with Crippen molar-refractivity contribution < 1.29 is 5.11 Å². The van der Waals surface area contributed by atoms with Crippen molar-refractivity contribution in [3.63, 3.8) is 0 Å². The van der Waals surface area contributed by atoms with Gasteiger partial charge in [-0.15, -0.1) is 0 Å². The Morgan fingerprint density at radius 3 is 2.14 bits per heavy atom. The van der Waals surface area contributed by atoms with Crippen LogP contribution < -0.4 is 5.73 Å². The number of rotatable bonds is 1. The van der Waals surface area contributed by atoms with E-state index in [0.29, 0.717) is 5.82 Å². The van der Waals surface area contributed by atoms with Gasteiger partial charge in [-0.05, 0) is 18.4 Å². The maximum atomic E-state index is 10.3. The molecule has 1 aromatic heterocycles. The van der Waals surface area contributed by atoms with Crippen molar-refractivity contribution in [3.8, 4) is 0 Å². The first-order chi connectivity index (χ1) is 6.25. The molecule has 1 aromatic rings. The fourth-order valence-corrected chi connectivity index (χ4v) is 1.13. The molecule has 3 N–H and O–H groups in total. The van der Waals surface area contributed by atoms with Crippen molar-refractivity contribution in [2.75, 3.05) is 5.73 Å². The zero-order chi connectivity index (χ0) is 11.0. The summed E-state index contributed by atoms with van der Waals surface area (Å²) in [6.07, 6.45) is 1.63. The van der Waals surface area contributed by atoms with E-state index in [1.165, 1.54) is 0 Å². The molecule has 0 spiro atoms. The summed E-state index contributed by atoms with van der Waals surface area (Å²) in [6.45, 7) is 7.76. The van der Waals surface area contributed by atoms with Crippen LogP contribution in [0.15, 0.2) is 18.3 Å². The number of pyridine rings is 1. The minimum Gasteiger partial charge on any atom is -0.385 e. The second-order valence-electron chi connectivity index (χ2n) is 4.79. The van der Waals surface area contributed by atoms with Gasteiger partial charge in [-0.3, -0.25) is 0 Å². The van der Waals surface area contributed by atoms with Gasteiger partial charge in [0, 0.05) is 11.8 Å². The Hall–Kier alpha value is -1.09. The molecule has 0 bridgehead atoms. The molecule has 0 aliphatic carbocycles. The highest BCUT2D eigenvalue weighted by atomic mass is 16.3. The summed E-state index contributed by atoms with van der Waals surface area (Å²) in [5.41, 5.74) is 5.15. The SMILES string of the molecule is CC(C)(C)C(C)(O)c1ccc(N)nc1. The highest BCUT2D eigenvalue weighted by Gasteiger charge is 2.36. The van der Waals surface area contributed by atoms with Crippen LogP contribution in [0.2, 0.25) is 0 Å². The summed E-state index contributed by atoms with van der Waals surface area (Å²) in [4.78, 5) is 3.98. The zero-order valence-electron chi connectivity index (χ0n) is 9.20. The standard InChI is InChI=1S/C11H18N2O/c1-10(2,3)11(4,14)8-5-6-9(12)13-7-8/h5-7,14H,1-4H3,(H2,12,13). The van der Waals surface area contributed by atoms with Gasteiger partial charge in [0.25, 0.3) is 0 Å². The Labute approximate surface area is 85.0 Å². The van der Waals surface area contributed by atoms with Gasteiger partial charge in [0.05, 0.1) is 5.60 Å². The molecule has 1 atom stereocenters. The Balaban J connectivity index is 3.10. The lowest BCUT2D eigenvalue weighted by atomic mass is 9.74. The minimum absolute atomic E-state index is 0.231. The number of hydrogen-bond acceptors (Lipinski definition) is 3. The Kier molecular flexibility index (Phi) is 2.54. The monoisotopic (exact) mass is 194 g/mol. The molecule has 1 rings (SSSR count). The third-order valence-corrected chi connectivity index (χ3v) is 2.81. The molecule has 0 saturated heterocycles. The van der Waals surface area contributed by atoms with Crippen molar-refractivity contribution in [2.45, 2.75) is 33.3 Å². The van der Waals surface area contributed by atoms with E-state index in [1.54, 1.807) is 19.2 Å². The first-order valence-corrected chi connectivity index (χ1v) is 4.69. The van der Waals surface area contributed by atoms with E-state index in [4.69, 9.17) is 5.73 Å². The number of anilines is 1. The van der Waals surface area contributed by atoms with Gasteiger partial charge < -0.3 is 10.8 Å². The van der Waals surface area contributed by atoms with Crippen molar-refractivity contribution in [2.24, 2.45) is 5.41 Å². The fraction of sp³-hybridized carbons (Fsp3) is 0.545. The van der Waals surface area contributed by atoms with Gasteiger partial charge in [0.15, 0.2) is 0 Å². The summed E-state index contributed by atoms with van der Waals surface area (Å²) in [5.74, 6) is 0.471. The van der Waals surface area contributed by atoms with Crippen LogP contribution in [-0.4, -0.2) is 10.1 Å². The highest BCUT2D eigenvalue weighted by Crippen LogP contribution is 2.38. The lowest BCUT2D eigenvalue weighted by Crippen LogP contribution is -2.36. The van der Waals surface area contributed by atoms with Crippen molar-refractivity contribution in [1.82, 2.24) is 4.98 Å². The quantitative estimate of drug-likeness (QED) is 0.718. The Bertz CT molecular complexity index is 309. The molecule has 1 heterocycles. The summed E-state index contributed by atoms with van der Waals surface area (Å²) < 4.78 is 0. The van der Waals surface area contributed by atoms with Crippen LogP contribution in [0.5, 0.6) is 0 Å². The lowest BCUT2D eigenvalue weighted by molar-refractivity contribution is -0.0472. The van der Waals surface area contributed by atoms with Gasteiger partial charge in [-0.25, -0.2) is 4.98 Å². The predicted octanol–water partition coefficient (Wildman–Crippen LogP) is 1.92. The third-order valence-electron chi connectivity index (χ3n) is 2.81. The second kappa shape index (κ2) is 3.24. The molecule has 0 aromatic carbocycles. The lowest BCUT2D eigenvalue weighted by Gasteiger charge is -2.37. The Morgan fingerprint density at radius 1 is 1.21 bits per heavy atom. The number of nitrogen functional groups attached to an aromatic ring is 1. The molecule has 0 amide bonds. The van der Waals surface area contributed by atoms with Crippen LogP contribution in [0.1, 0.15) is 33.3 Å². The van der Waals surface area contributed by atoms with Gasteiger partial charge in [0.1, 0.15) is 5.82 Å². The maximum absolute atomic E-state index is 10.3. The number of aromatic nitrogens is 1. The zero-order valence-corrected chi connectivity index (χ0v) is 9.20. The molecule has 78 valence electrons. The van der Waals surface area contributed by atoms with E-state index in [1.807, 2.05) is 26.8 Å². The van der Waals surface area contributed by atoms with Gasteiger partial charge in [-0.2, -0.15) is 0 Å². The fourth-order valence-electron chi connectivity index (χ4n) is 1.13. The first-order valence-electron chi connectivity index (χ1n) is 4.69. The largest absolute Gasteiger partial charge is 0.385 e. The molecule has 0 aliphatic heterocycles. The van der Waals surface area contributed by atoms with E-state index in [9.17, 15) is 5.11 Å². The average molecular weight is 194 g/mol. The van der Waals surface area contributed by atoms with Gasteiger partial charge >= 0.3 is 0 Å². The second-order valence-corrected chi connectivity index (χ2v) is 4.79. The number of aliphatic hydroxyl groups is 1. The molecular formula is C11H18N2O. The average Bonchev–Trinajstić information content (AvgIpc) is 2.03. The molecule has 1 unspecified atom stereocenters. The summed E-state index contributed by atoms with van der Waals surface area (Å²) >= 11 is 0. The molecule has 0 aliphatic rings. The molecule has 3 heteroatoms. The van der Waals surface area contributed by atoms with Crippen LogP contribution >= 0.6 is 0 Å². The Morgan fingerprint density at radius 2 is 1.79 bits per heavy atom. The van der Waals surface area contributed by atoms with E-state index < -0.39 is 5.60 Å². The normalized spacial score (nSPS) is 16.4. The summed E-state index contributed by atoms with van der Waals surface area (Å²) in [5, 5.41) is 10.3. The van der Waals surface area contributed by atoms with Crippen LogP contribution in [0, 0.1) is 5.41 Å². The minimum atomic E-state index is -0.895. The molecular weight excluding hydrogens is 176 g/mol. The molecule has 0 saturated carbocycles. The number of nitrogens with zero attached hydrogens (tertiary/aromatic N) is 1. The highest BCUT2D eigenvalue weighted by molar-refractivity contribution is 5.32. The van der Waals surface area contributed by atoms with Crippen molar-refractivity contribution in [3.05, 3.63) is 23.9 Å². The van der Waals surface area contributed by atoms with Crippen molar-refractivity contribution >= 4 is 5.82 Å². The molecule has 14 heavy (non-hydrogen) atoms. The van der Waals surface area contributed by atoms with E-state index >= 15 is 0 Å². The first kappa shape index (κ1) is 11.0. The maximum Gasteiger partial charge on any atom is 0.123 e. The molecule has 3 nitrogen and oxygen atoms in total. The third kappa shape index (κ3) is 1.87. The van der Waals surface area contributed by atoms with Gasteiger partial charge in [-0.1, -0.05) is 26.8 Å². The predicted molar refractivity (Wildman–Crippen MR) is 57.7 cm³/mol. The number of nitrogens with two attached hydrogens (primary N) is 1. The van der Waals surface area contributed by atoms with Crippen molar-refractivity contribution in [1.29, 1.82) is 0 Å². The van der Waals surface area contributed by atoms with Crippen LogP contribution in [0.4, 0.5) is 5.82 Å². The topological polar surface area (TPSA) is 59.1 Å². The summed E-state index contributed by atoms with van der Waals surface area (Å²) in [7, 11) is 0. The van der Waals surface area contributed by atoms with Crippen LogP contribution in [0.25, 0.3) is 0 Å². The van der Waals surface area contributed by atoms with E-state index in [-0.39, 0.29) is 5.41 Å². The van der Waals surface area contributed by atoms with E-state index in [0.717, 1.165) is 5.56 Å². The van der Waals surface area contributed by atoms with E-state index in [2.05, 4.69) is 4.98 Å². The molecule has 0 radical (unpaired) electrons. The van der Waals surface area contributed by atoms with Crippen LogP contribution in [-0.2, 0) is 5.60 Å². The smallest absolute Gasteiger partial charge is 0.123 e. The molecule has 0 fully saturated rings. The van der Waals surface area contributed by atoms with Gasteiger partial charge in [0.2, 0.25) is 0 Å². The van der Waals surface area contributed by atoms with Crippen LogP contribution in [0.3, 0.4) is 0 Å².